The zero-order valence-electron chi connectivity index (χ0n) is 11.1. The standard InChI is InChI=1S/C14H12N2O5/c1-2-21-9-5-3-4-8(6-9)10-7-15-11(13(17)18)12(16-10)14(19)20/h3-7H,2H2,1H3,(H,17,18)(H,19,20). The predicted molar refractivity (Wildman–Crippen MR) is 72.6 cm³/mol. The Bertz CT molecular complexity index is 700. The van der Waals surface area contributed by atoms with Crippen LogP contribution in [-0.4, -0.2) is 38.7 Å². The van der Waals surface area contributed by atoms with Gasteiger partial charge in [-0.2, -0.15) is 0 Å². The van der Waals surface area contributed by atoms with E-state index >= 15 is 0 Å². The average molecular weight is 288 g/mol. The number of aromatic carboxylic acids is 2. The summed E-state index contributed by atoms with van der Waals surface area (Å²) in [7, 11) is 0. The molecule has 0 amide bonds. The van der Waals surface area contributed by atoms with Gasteiger partial charge in [0.1, 0.15) is 5.75 Å². The maximum Gasteiger partial charge on any atom is 0.357 e. The third-order valence-corrected chi connectivity index (χ3v) is 2.62. The third kappa shape index (κ3) is 3.14. The number of nitrogens with zero attached hydrogens (tertiary/aromatic N) is 2. The molecular weight excluding hydrogens is 276 g/mol. The average Bonchev–Trinajstić information content (AvgIpc) is 2.47. The minimum Gasteiger partial charge on any atom is -0.494 e. The molecule has 0 atom stereocenters. The lowest BCUT2D eigenvalue weighted by Gasteiger charge is -2.07. The monoisotopic (exact) mass is 288 g/mol. The smallest absolute Gasteiger partial charge is 0.357 e. The van der Waals surface area contributed by atoms with Crippen molar-refractivity contribution in [1.29, 1.82) is 0 Å². The Kier molecular flexibility index (Phi) is 4.13. The van der Waals surface area contributed by atoms with E-state index in [9.17, 15) is 9.59 Å². The van der Waals surface area contributed by atoms with Crippen LogP contribution in [0.5, 0.6) is 5.75 Å². The molecule has 0 bridgehead atoms. The SMILES string of the molecule is CCOc1cccc(-c2cnc(C(=O)O)c(C(=O)O)n2)c1. The van der Waals surface area contributed by atoms with E-state index < -0.39 is 23.3 Å². The van der Waals surface area contributed by atoms with Gasteiger partial charge >= 0.3 is 11.9 Å². The van der Waals surface area contributed by atoms with E-state index in [1.165, 1.54) is 6.20 Å². The highest BCUT2D eigenvalue weighted by Gasteiger charge is 2.20. The third-order valence-electron chi connectivity index (χ3n) is 2.62. The van der Waals surface area contributed by atoms with E-state index in [1.54, 1.807) is 24.3 Å². The minimum absolute atomic E-state index is 0.263. The Balaban J connectivity index is 2.50. The summed E-state index contributed by atoms with van der Waals surface area (Å²) in [6, 6.07) is 6.87. The predicted octanol–water partition coefficient (Wildman–Crippen LogP) is 1.94. The molecule has 2 rings (SSSR count). The molecule has 7 nitrogen and oxygen atoms in total. The van der Waals surface area contributed by atoms with Gasteiger partial charge in [0.15, 0.2) is 11.4 Å². The van der Waals surface area contributed by atoms with Crippen LogP contribution in [0, 0.1) is 0 Å². The number of carbonyl (C=O) groups is 2. The molecule has 0 spiro atoms. The zero-order valence-corrected chi connectivity index (χ0v) is 11.1. The van der Waals surface area contributed by atoms with Crippen molar-refractivity contribution in [1.82, 2.24) is 9.97 Å². The van der Waals surface area contributed by atoms with Crippen molar-refractivity contribution in [3.8, 4) is 17.0 Å². The lowest BCUT2D eigenvalue weighted by Crippen LogP contribution is -2.13. The molecular formula is C14H12N2O5. The van der Waals surface area contributed by atoms with Crippen LogP contribution >= 0.6 is 0 Å². The number of rotatable bonds is 5. The van der Waals surface area contributed by atoms with Gasteiger partial charge in [0.05, 0.1) is 18.5 Å². The topological polar surface area (TPSA) is 110 Å². The molecule has 0 saturated heterocycles. The summed E-state index contributed by atoms with van der Waals surface area (Å²) in [5.41, 5.74) is -0.333. The number of ether oxygens (including phenoxy) is 1. The van der Waals surface area contributed by atoms with Gasteiger partial charge in [-0.25, -0.2) is 19.6 Å². The molecule has 0 unspecified atom stereocenters. The maximum atomic E-state index is 11.1. The highest BCUT2D eigenvalue weighted by molar-refractivity contribution is 5.99. The lowest BCUT2D eigenvalue weighted by molar-refractivity contribution is 0.0641. The number of benzene rings is 1. The van der Waals surface area contributed by atoms with Crippen molar-refractivity contribution in [2.75, 3.05) is 6.61 Å². The summed E-state index contributed by atoms with van der Waals surface area (Å²) in [6.07, 6.45) is 1.22. The maximum absolute atomic E-state index is 11.1. The quantitative estimate of drug-likeness (QED) is 0.865. The van der Waals surface area contributed by atoms with E-state index in [1.807, 2.05) is 6.92 Å². The van der Waals surface area contributed by atoms with Gasteiger partial charge in [0, 0.05) is 5.56 Å². The Labute approximate surface area is 119 Å². The normalized spacial score (nSPS) is 10.1. The second-order valence-electron chi connectivity index (χ2n) is 4.02. The Hall–Kier alpha value is -2.96. The van der Waals surface area contributed by atoms with E-state index in [-0.39, 0.29) is 5.69 Å². The van der Waals surface area contributed by atoms with Gasteiger partial charge in [-0.3, -0.25) is 0 Å². The molecule has 108 valence electrons. The van der Waals surface area contributed by atoms with Gasteiger partial charge in [-0.05, 0) is 19.1 Å². The summed E-state index contributed by atoms with van der Waals surface area (Å²) in [5.74, 6) is -2.27. The molecule has 0 saturated carbocycles. The van der Waals surface area contributed by atoms with Crippen LogP contribution in [0.1, 0.15) is 27.9 Å². The van der Waals surface area contributed by atoms with Crippen molar-refractivity contribution in [2.24, 2.45) is 0 Å². The Morgan fingerprint density at radius 1 is 1.19 bits per heavy atom. The molecule has 2 N–H and O–H groups in total. The molecule has 1 heterocycles. The molecule has 7 heteroatoms. The van der Waals surface area contributed by atoms with E-state index in [2.05, 4.69) is 9.97 Å². The van der Waals surface area contributed by atoms with Crippen molar-refractivity contribution >= 4 is 11.9 Å². The molecule has 0 aliphatic rings. The number of aromatic nitrogens is 2. The summed E-state index contributed by atoms with van der Waals surface area (Å²) in [4.78, 5) is 29.6. The van der Waals surface area contributed by atoms with Crippen molar-refractivity contribution in [3.05, 3.63) is 41.9 Å². The summed E-state index contributed by atoms with van der Waals surface area (Å²) >= 11 is 0. The molecule has 0 aliphatic heterocycles. The highest BCUT2D eigenvalue weighted by Crippen LogP contribution is 2.22. The molecule has 2 aromatic rings. The fourth-order valence-corrected chi connectivity index (χ4v) is 1.75. The van der Waals surface area contributed by atoms with Crippen LogP contribution in [0.2, 0.25) is 0 Å². The molecule has 0 fully saturated rings. The van der Waals surface area contributed by atoms with E-state index in [0.29, 0.717) is 17.9 Å². The van der Waals surface area contributed by atoms with Crippen LogP contribution in [0.3, 0.4) is 0 Å². The minimum atomic E-state index is -1.44. The van der Waals surface area contributed by atoms with Crippen molar-refractivity contribution < 1.29 is 24.5 Å². The van der Waals surface area contributed by atoms with E-state index in [0.717, 1.165) is 0 Å². The first-order valence-corrected chi connectivity index (χ1v) is 6.09. The second kappa shape index (κ2) is 6.00. The van der Waals surface area contributed by atoms with Gasteiger partial charge in [-0.15, -0.1) is 0 Å². The van der Waals surface area contributed by atoms with Crippen LogP contribution in [0.25, 0.3) is 11.3 Å². The molecule has 1 aromatic heterocycles. The summed E-state index contributed by atoms with van der Waals surface area (Å²) in [5, 5.41) is 17.9. The van der Waals surface area contributed by atoms with Gasteiger partial charge in [0.2, 0.25) is 0 Å². The van der Waals surface area contributed by atoms with Gasteiger partial charge in [0.25, 0.3) is 0 Å². The Morgan fingerprint density at radius 2 is 1.90 bits per heavy atom. The lowest BCUT2D eigenvalue weighted by atomic mass is 10.1. The fraction of sp³-hybridized carbons (Fsp3) is 0.143. The second-order valence-corrected chi connectivity index (χ2v) is 4.02. The van der Waals surface area contributed by atoms with E-state index in [4.69, 9.17) is 14.9 Å². The van der Waals surface area contributed by atoms with Crippen LogP contribution < -0.4 is 4.74 Å². The number of carboxylic acid groups (broad SMARTS) is 2. The van der Waals surface area contributed by atoms with Crippen LogP contribution in [0.4, 0.5) is 0 Å². The number of hydrogen-bond donors (Lipinski definition) is 2. The van der Waals surface area contributed by atoms with Gasteiger partial charge < -0.3 is 14.9 Å². The molecule has 0 radical (unpaired) electrons. The first-order valence-electron chi connectivity index (χ1n) is 6.09. The molecule has 1 aromatic carbocycles. The summed E-state index contributed by atoms with van der Waals surface area (Å²) in [6.45, 7) is 2.34. The number of hydrogen-bond acceptors (Lipinski definition) is 5. The zero-order chi connectivity index (χ0) is 15.4. The summed E-state index contributed by atoms with van der Waals surface area (Å²) < 4.78 is 5.35. The van der Waals surface area contributed by atoms with Crippen molar-refractivity contribution in [3.63, 3.8) is 0 Å². The first kappa shape index (κ1) is 14.4. The first-order chi connectivity index (χ1) is 10.0. The van der Waals surface area contributed by atoms with Crippen molar-refractivity contribution in [2.45, 2.75) is 6.92 Å². The largest absolute Gasteiger partial charge is 0.494 e. The fourth-order valence-electron chi connectivity index (χ4n) is 1.75. The van der Waals surface area contributed by atoms with Crippen LogP contribution in [-0.2, 0) is 0 Å². The molecule has 0 aliphatic carbocycles. The Morgan fingerprint density at radius 3 is 2.52 bits per heavy atom. The van der Waals surface area contributed by atoms with Gasteiger partial charge in [-0.1, -0.05) is 12.1 Å². The highest BCUT2D eigenvalue weighted by atomic mass is 16.5. The number of carboxylic acids is 2. The molecule has 21 heavy (non-hydrogen) atoms. The van der Waals surface area contributed by atoms with Crippen LogP contribution in [0.15, 0.2) is 30.5 Å².